The summed E-state index contributed by atoms with van der Waals surface area (Å²) in [6, 6.07) is 5.92. The number of benzene rings is 1. The van der Waals surface area contributed by atoms with E-state index < -0.39 is 16.0 Å². The molecule has 1 saturated heterocycles. The molecular formula is C14H17ClN2O5S. The van der Waals surface area contributed by atoms with E-state index in [0.717, 1.165) is 0 Å². The Bertz CT molecular complexity index is 682. The minimum atomic E-state index is -3.61. The summed E-state index contributed by atoms with van der Waals surface area (Å²) in [5.41, 5.74) is 0. The molecule has 0 aliphatic carbocycles. The van der Waals surface area contributed by atoms with Crippen LogP contribution in [-0.2, 0) is 19.6 Å². The molecule has 0 radical (unpaired) electrons. The summed E-state index contributed by atoms with van der Waals surface area (Å²) >= 11 is 5.76. The van der Waals surface area contributed by atoms with Crippen molar-refractivity contribution in [2.75, 3.05) is 26.2 Å². The molecule has 1 N–H and O–H groups in total. The molecule has 23 heavy (non-hydrogen) atoms. The fraction of sp³-hybridized carbons (Fsp3) is 0.429. The van der Waals surface area contributed by atoms with Gasteiger partial charge in [0, 0.05) is 37.6 Å². The molecule has 0 spiro atoms. The zero-order chi connectivity index (χ0) is 17.0. The summed E-state index contributed by atoms with van der Waals surface area (Å²) in [5, 5.41) is 9.04. The molecule has 2 rings (SSSR count). The Morgan fingerprint density at radius 1 is 1.04 bits per heavy atom. The van der Waals surface area contributed by atoms with Gasteiger partial charge in [0.15, 0.2) is 0 Å². The van der Waals surface area contributed by atoms with Gasteiger partial charge in [-0.1, -0.05) is 11.6 Å². The average molecular weight is 361 g/mol. The van der Waals surface area contributed by atoms with Crippen LogP contribution in [0.1, 0.15) is 12.8 Å². The van der Waals surface area contributed by atoms with Gasteiger partial charge in [-0.15, -0.1) is 0 Å². The van der Waals surface area contributed by atoms with Gasteiger partial charge < -0.3 is 10.0 Å². The topological polar surface area (TPSA) is 95.0 Å². The monoisotopic (exact) mass is 360 g/mol. The number of piperazine rings is 1. The van der Waals surface area contributed by atoms with Crippen LogP contribution in [0.25, 0.3) is 0 Å². The van der Waals surface area contributed by atoms with Crippen molar-refractivity contribution in [2.24, 2.45) is 0 Å². The molecule has 126 valence electrons. The van der Waals surface area contributed by atoms with E-state index in [9.17, 15) is 18.0 Å². The molecular weight excluding hydrogens is 344 g/mol. The molecule has 1 aromatic carbocycles. The molecule has 1 aliphatic rings. The third-order valence-electron chi connectivity index (χ3n) is 3.60. The van der Waals surface area contributed by atoms with Gasteiger partial charge >= 0.3 is 5.97 Å². The highest BCUT2D eigenvalue weighted by Crippen LogP contribution is 2.20. The van der Waals surface area contributed by atoms with Crippen LogP contribution in [0.2, 0.25) is 5.02 Å². The first kappa shape index (κ1) is 17.7. The third-order valence-corrected chi connectivity index (χ3v) is 5.76. The molecule has 1 amide bonds. The number of rotatable bonds is 5. The standard InChI is InChI=1S/C14H17ClN2O5S/c15-11-1-3-12(4-2-11)23(21,22)17-9-7-16(8-10-17)13(18)5-6-14(19)20/h1-4H,5-10H2,(H,19,20). The number of carboxylic acids is 1. The molecule has 1 aromatic rings. The van der Waals surface area contributed by atoms with Gasteiger partial charge in [0.25, 0.3) is 0 Å². The number of aliphatic carboxylic acids is 1. The maximum atomic E-state index is 12.5. The molecule has 0 unspecified atom stereocenters. The van der Waals surface area contributed by atoms with Crippen molar-refractivity contribution in [1.82, 2.24) is 9.21 Å². The van der Waals surface area contributed by atoms with Crippen LogP contribution >= 0.6 is 11.6 Å². The summed E-state index contributed by atoms with van der Waals surface area (Å²) in [6.45, 7) is 0.879. The first-order valence-corrected chi connectivity index (χ1v) is 8.88. The van der Waals surface area contributed by atoms with Crippen molar-refractivity contribution >= 4 is 33.5 Å². The Morgan fingerprint density at radius 3 is 2.13 bits per heavy atom. The summed E-state index contributed by atoms with van der Waals surface area (Å²) < 4.78 is 26.3. The molecule has 0 bridgehead atoms. The molecule has 0 saturated carbocycles. The summed E-state index contributed by atoms with van der Waals surface area (Å²) in [4.78, 5) is 24.0. The molecule has 9 heteroatoms. The summed E-state index contributed by atoms with van der Waals surface area (Å²) in [6.07, 6.45) is -0.290. The van der Waals surface area contributed by atoms with Crippen LogP contribution in [0.5, 0.6) is 0 Å². The Hall–Kier alpha value is -1.64. The van der Waals surface area contributed by atoms with Gasteiger partial charge in [0.2, 0.25) is 15.9 Å². The number of sulfonamides is 1. The smallest absolute Gasteiger partial charge is 0.303 e. The highest BCUT2D eigenvalue weighted by molar-refractivity contribution is 7.89. The second-order valence-electron chi connectivity index (χ2n) is 5.13. The minimum absolute atomic E-state index is 0.0702. The van der Waals surface area contributed by atoms with Crippen molar-refractivity contribution in [3.05, 3.63) is 29.3 Å². The number of carboxylic acid groups (broad SMARTS) is 1. The van der Waals surface area contributed by atoms with Crippen molar-refractivity contribution < 1.29 is 23.1 Å². The van der Waals surface area contributed by atoms with E-state index in [2.05, 4.69) is 0 Å². The first-order valence-electron chi connectivity index (χ1n) is 7.06. The number of halogens is 1. The zero-order valence-electron chi connectivity index (χ0n) is 12.3. The normalized spacial score (nSPS) is 16.3. The van der Waals surface area contributed by atoms with Crippen LogP contribution in [0, 0.1) is 0 Å². The third kappa shape index (κ3) is 4.43. The van der Waals surface area contributed by atoms with Crippen LogP contribution < -0.4 is 0 Å². The Balaban J connectivity index is 1.97. The number of carbonyl (C=O) groups is 2. The fourth-order valence-electron chi connectivity index (χ4n) is 2.31. The second kappa shape index (κ2) is 7.29. The zero-order valence-corrected chi connectivity index (χ0v) is 13.9. The fourth-order valence-corrected chi connectivity index (χ4v) is 3.85. The van der Waals surface area contributed by atoms with E-state index in [0.29, 0.717) is 5.02 Å². The molecule has 7 nitrogen and oxygen atoms in total. The first-order chi connectivity index (χ1) is 10.8. The van der Waals surface area contributed by atoms with Gasteiger partial charge in [-0.05, 0) is 24.3 Å². The molecule has 1 aliphatic heterocycles. The number of hydrogen-bond donors (Lipinski definition) is 1. The Labute approximate surface area is 139 Å². The number of carbonyl (C=O) groups excluding carboxylic acids is 1. The van der Waals surface area contributed by atoms with E-state index in [1.807, 2.05) is 0 Å². The van der Waals surface area contributed by atoms with Crippen LogP contribution in [0.3, 0.4) is 0 Å². The van der Waals surface area contributed by atoms with E-state index in [1.54, 1.807) is 0 Å². The van der Waals surface area contributed by atoms with Gasteiger partial charge in [-0.3, -0.25) is 9.59 Å². The molecule has 0 aromatic heterocycles. The molecule has 1 fully saturated rings. The SMILES string of the molecule is O=C(O)CCC(=O)N1CCN(S(=O)(=O)c2ccc(Cl)cc2)CC1. The van der Waals surface area contributed by atoms with Crippen molar-refractivity contribution in [2.45, 2.75) is 17.7 Å². The average Bonchev–Trinajstić information content (AvgIpc) is 2.53. The predicted octanol–water partition coefficient (Wildman–Crippen LogP) is 1.04. The summed E-state index contributed by atoms with van der Waals surface area (Å²) in [5.74, 6) is -1.29. The van der Waals surface area contributed by atoms with Crippen molar-refractivity contribution in [3.63, 3.8) is 0 Å². The summed E-state index contributed by atoms with van der Waals surface area (Å²) in [7, 11) is -3.61. The minimum Gasteiger partial charge on any atom is -0.481 e. The van der Waals surface area contributed by atoms with Gasteiger partial charge in [0.1, 0.15) is 0 Å². The van der Waals surface area contributed by atoms with Crippen molar-refractivity contribution in [3.8, 4) is 0 Å². The van der Waals surface area contributed by atoms with Gasteiger partial charge in [0.05, 0.1) is 11.3 Å². The lowest BCUT2D eigenvalue weighted by Crippen LogP contribution is -2.50. The number of amides is 1. The van der Waals surface area contributed by atoms with Crippen LogP contribution in [-0.4, -0.2) is 60.8 Å². The van der Waals surface area contributed by atoms with Crippen LogP contribution in [0.4, 0.5) is 0 Å². The maximum Gasteiger partial charge on any atom is 0.303 e. The predicted molar refractivity (Wildman–Crippen MR) is 83.7 cm³/mol. The lowest BCUT2D eigenvalue weighted by molar-refractivity contribution is -0.141. The highest BCUT2D eigenvalue weighted by atomic mass is 35.5. The van der Waals surface area contributed by atoms with Gasteiger partial charge in [-0.25, -0.2) is 8.42 Å². The van der Waals surface area contributed by atoms with Crippen LogP contribution in [0.15, 0.2) is 29.2 Å². The number of hydrogen-bond acceptors (Lipinski definition) is 4. The highest BCUT2D eigenvalue weighted by Gasteiger charge is 2.30. The quantitative estimate of drug-likeness (QED) is 0.846. The van der Waals surface area contributed by atoms with E-state index in [4.69, 9.17) is 16.7 Å². The lowest BCUT2D eigenvalue weighted by atomic mass is 10.2. The van der Waals surface area contributed by atoms with Crippen molar-refractivity contribution in [1.29, 1.82) is 0 Å². The molecule has 0 atom stereocenters. The van der Waals surface area contributed by atoms with Gasteiger partial charge in [-0.2, -0.15) is 4.31 Å². The van der Waals surface area contributed by atoms with E-state index in [1.165, 1.54) is 33.5 Å². The Morgan fingerprint density at radius 2 is 1.61 bits per heavy atom. The van der Waals surface area contributed by atoms with E-state index in [-0.39, 0.29) is 49.8 Å². The maximum absolute atomic E-state index is 12.5. The number of nitrogens with zero attached hydrogens (tertiary/aromatic N) is 2. The largest absolute Gasteiger partial charge is 0.481 e. The second-order valence-corrected chi connectivity index (χ2v) is 7.51. The molecule has 1 heterocycles. The lowest BCUT2D eigenvalue weighted by Gasteiger charge is -2.34. The van der Waals surface area contributed by atoms with E-state index >= 15 is 0 Å². The Kier molecular flexibility index (Phi) is 5.61.